The lowest BCUT2D eigenvalue weighted by molar-refractivity contribution is 0.167. The molecule has 0 spiro atoms. The molecule has 0 unspecified atom stereocenters. The molecule has 0 fully saturated rings. The van der Waals surface area contributed by atoms with Crippen molar-refractivity contribution >= 4 is 47.4 Å². The molecule has 120 valence electrons. The number of hydrogen-bond donors (Lipinski definition) is 3. The summed E-state index contributed by atoms with van der Waals surface area (Å²) < 4.78 is 4.72. The predicted molar refractivity (Wildman–Crippen MR) is 93.2 cm³/mol. The van der Waals surface area contributed by atoms with Crippen molar-refractivity contribution in [1.82, 2.24) is 15.0 Å². The van der Waals surface area contributed by atoms with Crippen LogP contribution in [-0.2, 0) is 4.74 Å². The van der Waals surface area contributed by atoms with E-state index in [1.165, 1.54) is 0 Å². The first-order valence-electron chi connectivity index (χ1n) is 6.77. The molecule has 3 aromatic rings. The number of amides is 1. The zero-order chi connectivity index (χ0) is 16.7. The van der Waals surface area contributed by atoms with E-state index < -0.39 is 6.09 Å². The van der Waals surface area contributed by atoms with Gasteiger partial charge in [0.05, 0.1) is 12.1 Å². The van der Waals surface area contributed by atoms with Gasteiger partial charge in [-0.05, 0) is 25.1 Å². The van der Waals surface area contributed by atoms with E-state index in [9.17, 15) is 4.79 Å². The van der Waals surface area contributed by atoms with Crippen molar-refractivity contribution in [1.29, 1.82) is 0 Å². The number of rotatable bonds is 2. The maximum Gasteiger partial charge on any atom is 0.413 e. The summed E-state index contributed by atoms with van der Waals surface area (Å²) in [5, 5.41) is 3.25. The van der Waals surface area contributed by atoms with Crippen LogP contribution in [0.25, 0.3) is 11.2 Å². The van der Waals surface area contributed by atoms with Gasteiger partial charge < -0.3 is 9.72 Å². The van der Waals surface area contributed by atoms with Crippen molar-refractivity contribution in [2.75, 3.05) is 11.9 Å². The van der Waals surface area contributed by atoms with Crippen LogP contribution in [0.5, 0.6) is 0 Å². The van der Waals surface area contributed by atoms with E-state index in [2.05, 4.69) is 32.9 Å². The number of anilines is 1. The minimum absolute atomic E-state index is 0.305. The normalized spacial score (nSPS) is 9.87. The lowest BCUT2D eigenvalue weighted by Gasteiger charge is -2.00. The second kappa shape index (κ2) is 8.40. The number of ether oxygens (including phenoxy) is 1. The largest absolute Gasteiger partial charge is 0.450 e. The fourth-order valence-corrected chi connectivity index (χ4v) is 1.96. The standard InChI is InChI=1S/C9H10N4O2S.C6H5Cl/c1-2-15-9(14)13-8-11-6-3-5(16)4-10-7(6)12-8;7-6-4-2-1-3-5-6/h3-4,16H,2H2,1H3,(H2,10,11,12,13,14);1-5H. The highest BCUT2D eigenvalue weighted by Crippen LogP contribution is 2.15. The number of halogens is 1. The van der Waals surface area contributed by atoms with Crippen molar-refractivity contribution in [3.63, 3.8) is 0 Å². The van der Waals surface area contributed by atoms with Gasteiger partial charge in [-0.3, -0.25) is 5.32 Å². The summed E-state index contributed by atoms with van der Waals surface area (Å²) in [5.74, 6) is 0.305. The fourth-order valence-electron chi connectivity index (χ4n) is 1.63. The number of nitrogens with zero attached hydrogens (tertiary/aromatic N) is 2. The van der Waals surface area contributed by atoms with Gasteiger partial charge in [0.2, 0.25) is 5.95 Å². The lowest BCUT2D eigenvalue weighted by Crippen LogP contribution is -2.14. The first-order valence-corrected chi connectivity index (χ1v) is 7.60. The minimum Gasteiger partial charge on any atom is -0.450 e. The van der Waals surface area contributed by atoms with Gasteiger partial charge >= 0.3 is 6.09 Å². The van der Waals surface area contributed by atoms with Crippen LogP contribution < -0.4 is 5.32 Å². The lowest BCUT2D eigenvalue weighted by atomic mass is 10.4. The molecule has 6 nitrogen and oxygen atoms in total. The molecule has 2 N–H and O–H groups in total. The molecule has 3 rings (SSSR count). The Labute approximate surface area is 143 Å². The number of H-pyrrole nitrogens is 1. The summed E-state index contributed by atoms with van der Waals surface area (Å²) in [7, 11) is 0. The van der Waals surface area contributed by atoms with Crippen molar-refractivity contribution in [2.24, 2.45) is 0 Å². The molecular weight excluding hydrogens is 336 g/mol. The van der Waals surface area contributed by atoms with Crippen molar-refractivity contribution in [3.05, 3.63) is 47.6 Å². The quantitative estimate of drug-likeness (QED) is 0.606. The molecule has 0 atom stereocenters. The van der Waals surface area contributed by atoms with Gasteiger partial charge in [0.25, 0.3) is 0 Å². The Kier molecular flexibility index (Phi) is 6.25. The Morgan fingerprint density at radius 3 is 2.74 bits per heavy atom. The molecule has 8 heteroatoms. The number of pyridine rings is 1. The van der Waals surface area contributed by atoms with E-state index in [1.54, 1.807) is 19.2 Å². The van der Waals surface area contributed by atoms with Gasteiger partial charge in [0, 0.05) is 16.1 Å². The first kappa shape index (κ1) is 17.1. The van der Waals surface area contributed by atoms with E-state index >= 15 is 0 Å². The van der Waals surface area contributed by atoms with Gasteiger partial charge in [-0.25, -0.2) is 9.78 Å². The highest BCUT2D eigenvalue weighted by atomic mass is 35.5. The summed E-state index contributed by atoms with van der Waals surface area (Å²) in [6, 6.07) is 11.2. The molecule has 0 radical (unpaired) electrons. The van der Waals surface area contributed by atoms with Crippen LogP contribution in [0.15, 0.2) is 47.5 Å². The molecule has 1 amide bonds. The van der Waals surface area contributed by atoms with Crippen LogP contribution in [0.4, 0.5) is 10.7 Å². The molecule has 1 aromatic carbocycles. The Morgan fingerprint density at radius 2 is 2.13 bits per heavy atom. The van der Waals surface area contributed by atoms with Crippen LogP contribution in [0, 0.1) is 0 Å². The zero-order valence-electron chi connectivity index (χ0n) is 12.3. The molecule has 0 saturated heterocycles. The summed E-state index contributed by atoms with van der Waals surface area (Å²) >= 11 is 9.69. The van der Waals surface area contributed by atoms with Crippen molar-refractivity contribution in [3.8, 4) is 0 Å². The summed E-state index contributed by atoms with van der Waals surface area (Å²) in [6.45, 7) is 2.04. The van der Waals surface area contributed by atoms with Gasteiger partial charge in [0.15, 0.2) is 5.65 Å². The van der Waals surface area contributed by atoms with E-state index in [0.29, 0.717) is 23.7 Å². The predicted octanol–water partition coefficient (Wildman–Crippen LogP) is 4.16. The van der Waals surface area contributed by atoms with Crippen LogP contribution in [-0.4, -0.2) is 27.7 Å². The number of nitrogens with one attached hydrogen (secondary N) is 2. The molecular formula is C15H15ClN4O2S. The van der Waals surface area contributed by atoms with Crippen molar-refractivity contribution < 1.29 is 9.53 Å². The van der Waals surface area contributed by atoms with Crippen LogP contribution in [0.2, 0.25) is 5.02 Å². The topological polar surface area (TPSA) is 79.9 Å². The molecule has 0 aliphatic heterocycles. The maximum atomic E-state index is 11.1. The van der Waals surface area contributed by atoms with Gasteiger partial charge in [0.1, 0.15) is 0 Å². The highest BCUT2D eigenvalue weighted by molar-refractivity contribution is 7.80. The summed E-state index contributed by atoms with van der Waals surface area (Å²) in [6.07, 6.45) is 1.04. The molecule has 0 aliphatic carbocycles. The first-order chi connectivity index (χ1) is 11.1. The zero-order valence-corrected chi connectivity index (χ0v) is 13.9. The second-order valence-corrected chi connectivity index (χ2v) is 5.24. The van der Waals surface area contributed by atoms with Gasteiger partial charge in [-0.1, -0.05) is 29.8 Å². The van der Waals surface area contributed by atoms with Crippen LogP contribution >= 0.6 is 24.2 Å². The Bertz CT molecular complexity index is 780. The average molecular weight is 351 g/mol. The molecule has 2 aromatic heterocycles. The molecule has 0 bridgehead atoms. The highest BCUT2D eigenvalue weighted by Gasteiger charge is 2.07. The smallest absolute Gasteiger partial charge is 0.413 e. The average Bonchev–Trinajstić information content (AvgIpc) is 2.90. The second-order valence-electron chi connectivity index (χ2n) is 4.29. The number of hydrogen-bond acceptors (Lipinski definition) is 5. The number of imidazole rings is 1. The number of thiol groups is 1. The number of fused-ring (bicyclic) bond motifs is 1. The Morgan fingerprint density at radius 1 is 1.39 bits per heavy atom. The minimum atomic E-state index is -0.548. The number of aromatic nitrogens is 3. The Balaban J connectivity index is 0.000000229. The van der Waals surface area contributed by atoms with E-state index in [-0.39, 0.29) is 0 Å². The molecule has 0 aliphatic rings. The number of carbonyl (C=O) groups excluding carboxylic acids is 1. The van der Waals surface area contributed by atoms with Gasteiger partial charge in [-0.2, -0.15) is 4.98 Å². The third kappa shape index (κ3) is 5.46. The molecule has 2 heterocycles. The summed E-state index contributed by atoms with van der Waals surface area (Å²) in [5.41, 5.74) is 1.23. The molecule has 23 heavy (non-hydrogen) atoms. The van der Waals surface area contributed by atoms with E-state index in [1.807, 2.05) is 30.3 Å². The summed E-state index contributed by atoms with van der Waals surface area (Å²) in [4.78, 5) is 22.8. The third-order valence-corrected chi connectivity index (χ3v) is 3.05. The van der Waals surface area contributed by atoms with Crippen LogP contribution in [0.3, 0.4) is 0 Å². The van der Waals surface area contributed by atoms with Crippen LogP contribution in [0.1, 0.15) is 6.92 Å². The Hall–Kier alpha value is -2.25. The maximum absolute atomic E-state index is 11.1. The number of aromatic amines is 1. The monoisotopic (exact) mass is 350 g/mol. The number of carbonyl (C=O) groups is 1. The van der Waals surface area contributed by atoms with E-state index in [0.717, 1.165) is 9.92 Å². The SMILES string of the molecule is CCOC(=O)Nc1nc2ncc(S)cc2[nH]1.Clc1ccccc1. The van der Waals surface area contributed by atoms with E-state index in [4.69, 9.17) is 16.3 Å². The van der Waals surface area contributed by atoms with Gasteiger partial charge in [-0.15, -0.1) is 12.6 Å². The fraction of sp³-hybridized carbons (Fsp3) is 0.133. The third-order valence-electron chi connectivity index (χ3n) is 2.55. The van der Waals surface area contributed by atoms with Crippen molar-refractivity contribution in [2.45, 2.75) is 11.8 Å². The number of benzene rings is 1. The molecule has 0 saturated carbocycles.